The molecule has 1 N–H and O–H groups in total. The SMILES string of the molecule is CCOC(=O)C(O)C(C)(C)C. The van der Waals surface area contributed by atoms with Crippen molar-refractivity contribution in [1.82, 2.24) is 0 Å². The first-order valence-corrected chi connectivity index (χ1v) is 3.74. The second-order valence-electron chi connectivity index (χ2n) is 3.52. The topological polar surface area (TPSA) is 46.5 Å². The minimum Gasteiger partial charge on any atom is -0.464 e. The quantitative estimate of drug-likeness (QED) is 0.612. The number of carbonyl (C=O) groups excluding carboxylic acids is 1. The van der Waals surface area contributed by atoms with Crippen molar-refractivity contribution in [3.8, 4) is 0 Å². The molecular formula is C8H16O3. The fourth-order valence-corrected chi connectivity index (χ4v) is 0.575. The first-order chi connectivity index (χ1) is 4.89. The van der Waals surface area contributed by atoms with Gasteiger partial charge in [0.05, 0.1) is 6.61 Å². The van der Waals surface area contributed by atoms with E-state index in [2.05, 4.69) is 4.74 Å². The average Bonchev–Trinajstić information content (AvgIpc) is 1.85. The van der Waals surface area contributed by atoms with E-state index < -0.39 is 17.5 Å². The molecule has 0 aromatic rings. The van der Waals surface area contributed by atoms with Gasteiger partial charge in [0.25, 0.3) is 0 Å². The Labute approximate surface area is 67.4 Å². The van der Waals surface area contributed by atoms with Crippen molar-refractivity contribution in [2.24, 2.45) is 5.41 Å². The molecular weight excluding hydrogens is 144 g/mol. The molecule has 0 amide bonds. The molecule has 0 radical (unpaired) electrons. The summed E-state index contributed by atoms with van der Waals surface area (Å²) in [5.74, 6) is -0.542. The summed E-state index contributed by atoms with van der Waals surface area (Å²) in [7, 11) is 0. The van der Waals surface area contributed by atoms with Crippen LogP contribution in [0.2, 0.25) is 0 Å². The number of ether oxygens (including phenoxy) is 1. The van der Waals surface area contributed by atoms with Gasteiger partial charge in [0.15, 0.2) is 6.10 Å². The van der Waals surface area contributed by atoms with Crippen LogP contribution >= 0.6 is 0 Å². The van der Waals surface area contributed by atoms with E-state index in [0.29, 0.717) is 6.61 Å². The van der Waals surface area contributed by atoms with E-state index in [4.69, 9.17) is 0 Å². The second-order valence-corrected chi connectivity index (χ2v) is 3.52. The van der Waals surface area contributed by atoms with Crippen LogP contribution in [0.4, 0.5) is 0 Å². The Kier molecular flexibility index (Phi) is 3.52. The predicted octanol–water partition coefficient (Wildman–Crippen LogP) is 0.956. The molecule has 3 nitrogen and oxygen atoms in total. The van der Waals surface area contributed by atoms with Gasteiger partial charge in [0.1, 0.15) is 0 Å². The Morgan fingerprint density at radius 2 is 2.00 bits per heavy atom. The summed E-state index contributed by atoms with van der Waals surface area (Å²) < 4.78 is 4.64. The summed E-state index contributed by atoms with van der Waals surface area (Å²) >= 11 is 0. The number of carbonyl (C=O) groups is 1. The Morgan fingerprint density at radius 3 is 2.27 bits per heavy atom. The van der Waals surface area contributed by atoms with Gasteiger partial charge in [-0.25, -0.2) is 4.79 Å². The smallest absolute Gasteiger partial charge is 0.335 e. The van der Waals surface area contributed by atoms with E-state index in [1.165, 1.54) is 0 Å². The van der Waals surface area contributed by atoms with Gasteiger partial charge < -0.3 is 9.84 Å². The fraction of sp³-hybridized carbons (Fsp3) is 0.875. The van der Waals surface area contributed by atoms with E-state index >= 15 is 0 Å². The summed E-state index contributed by atoms with van der Waals surface area (Å²) in [6.07, 6.45) is -1.03. The Balaban J connectivity index is 4.03. The van der Waals surface area contributed by atoms with Gasteiger partial charge in [0.2, 0.25) is 0 Å². The van der Waals surface area contributed by atoms with Crippen LogP contribution in [0.1, 0.15) is 27.7 Å². The number of esters is 1. The van der Waals surface area contributed by atoms with Gasteiger partial charge in [-0.05, 0) is 12.3 Å². The number of hydrogen-bond donors (Lipinski definition) is 1. The van der Waals surface area contributed by atoms with E-state index in [-0.39, 0.29) is 0 Å². The number of aliphatic hydroxyl groups excluding tert-OH is 1. The lowest BCUT2D eigenvalue weighted by Gasteiger charge is -2.23. The molecule has 1 atom stereocenters. The summed E-state index contributed by atoms with van der Waals surface area (Å²) in [5.41, 5.74) is -0.438. The summed E-state index contributed by atoms with van der Waals surface area (Å²) in [4.78, 5) is 10.9. The summed E-state index contributed by atoms with van der Waals surface area (Å²) in [5, 5.41) is 9.31. The molecule has 0 spiro atoms. The van der Waals surface area contributed by atoms with Crippen molar-refractivity contribution in [3.05, 3.63) is 0 Å². The van der Waals surface area contributed by atoms with Crippen LogP contribution in [-0.4, -0.2) is 23.8 Å². The third kappa shape index (κ3) is 3.37. The highest BCUT2D eigenvalue weighted by atomic mass is 16.5. The normalized spacial score (nSPS) is 14.3. The molecule has 3 heteroatoms. The molecule has 0 fully saturated rings. The monoisotopic (exact) mass is 160 g/mol. The van der Waals surface area contributed by atoms with Gasteiger partial charge in [-0.3, -0.25) is 0 Å². The maximum atomic E-state index is 10.9. The maximum absolute atomic E-state index is 10.9. The van der Waals surface area contributed by atoms with Crippen molar-refractivity contribution in [2.45, 2.75) is 33.8 Å². The molecule has 0 rings (SSSR count). The molecule has 0 aliphatic rings. The van der Waals surface area contributed by atoms with Crippen LogP contribution in [0.15, 0.2) is 0 Å². The van der Waals surface area contributed by atoms with Gasteiger partial charge >= 0.3 is 5.97 Å². The largest absolute Gasteiger partial charge is 0.464 e. The van der Waals surface area contributed by atoms with E-state index in [1.54, 1.807) is 27.7 Å². The highest BCUT2D eigenvalue weighted by molar-refractivity contribution is 5.75. The lowest BCUT2D eigenvalue weighted by molar-refractivity contribution is -0.158. The number of aliphatic hydroxyl groups is 1. The second kappa shape index (κ2) is 3.72. The van der Waals surface area contributed by atoms with Gasteiger partial charge in [-0.1, -0.05) is 20.8 Å². The van der Waals surface area contributed by atoms with Crippen molar-refractivity contribution in [2.75, 3.05) is 6.61 Å². The van der Waals surface area contributed by atoms with E-state index in [9.17, 15) is 9.90 Å². The molecule has 0 aliphatic heterocycles. The third-order valence-corrected chi connectivity index (χ3v) is 1.33. The van der Waals surface area contributed by atoms with Crippen molar-refractivity contribution >= 4 is 5.97 Å². The molecule has 0 aliphatic carbocycles. The van der Waals surface area contributed by atoms with Crippen LogP contribution in [0, 0.1) is 5.41 Å². The highest BCUT2D eigenvalue weighted by Crippen LogP contribution is 2.19. The van der Waals surface area contributed by atoms with E-state index in [0.717, 1.165) is 0 Å². The maximum Gasteiger partial charge on any atom is 0.335 e. The lowest BCUT2D eigenvalue weighted by Crippen LogP contribution is -2.35. The van der Waals surface area contributed by atoms with Crippen LogP contribution < -0.4 is 0 Å². The van der Waals surface area contributed by atoms with Crippen LogP contribution in [0.25, 0.3) is 0 Å². The minimum atomic E-state index is -1.03. The van der Waals surface area contributed by atoms with Gasteiger partial charge in [-0.2, -0.15) is 0 Å². The molecule has 0 saturated heterocycles. The lowest BCUT2D eigenvalue weighted by atomic mass is 9.89. The minimum absolute atomic E-state index is 0.311. The number of rotatable bonds is 2. The van der Waals surface area contributed by atoms with Crippen molar-refractivity contribution in [3.63, 3.8) is 0 Å². The fourth-order valence-electron chi connectivity index (χ4n) is 0.575. The summed E-state index contributed by atoms with van der Waals surface area (Å²) in [6, 6.07) is 0. The molecule has 11 heavy (non-hydrogen) atoms. The Hall–Kier alpha value is -0.570. The van der Waals surface area contributed by atoms with Gasteiger partial charge in [0, 0.05) is 0 Å². The zero-order chi connectivity index (χ0) is 9.07. The summed E-state index contributed by atoms with van der Waals surface area (Å²) in [6.45, 7) is 7.39. The van der Waals surface area contributed by atoms with Gasteiger partial charge in [-0.15, -0.1) is 0 Å². The van der Waals surface area contributed by atoms with Crippen molar-refractivity contribution in [1.29, 1.82) is 0 Å². The van der Waals surface area contributed by atoms with Crippen LogP contribution in [0.3, 0.4) is 0 Å². The molecule has 66 valence electrons. The van der Waals surface area contributed by atoms with Crippen LogP contribution in [-0.2, 0) is 9.53 Å². The molecule has 0 aromatic carbocycles. The third-order valence-electron chi connectivity index (χ3n) is 1.33. The Bertz CT molecular complexity index is 135. The zero-order valence-electron chi connectivity index (χ0n) is 7.55. The standard InChI is InChI=1S/C8H16O3/c1-5-11-7(10)6(9)8(2,3)4/h6,9H,5H2,1-4H3. The first-order valence-electron chi connectivity index (χ1n) is 3.74. The molecule has 0 heterocycles. The Morgan fingerprint density at radius 1 is 1.55 bits per heavy atom. The van der Waals surface area contributed by atoms with E-state index in [1.807, 2.05) is 0 Å². The molecule has 1 unspecified atom stereocenters. The van der Waals surface area contributed by atoms with Crippen molar-refractivity contribution < 1.29 is 14.6 Å². The average molecular weight is 160 g/mol. The zero-order valence-corrected chi connectivity index (χ0v) is 7.55. The predicted molar refractivity (Wildman–Crippen MR) is 42.1 cm³/mol. The molecule has 0 aromatic heterocycles. The highest BCUT2D eigenvalue weighted by Gasteiger charge is 2.29. The first kappa shape index (κ1) is 10.4. The molecule has 0 bridgehead atoms. The molecule has 0 saturated carbocycles. The number of hydrogen-bond acceptors (Lipinski definition) is 3. The van der Waals surface area contributed by atoms with Crippen LogP contribution in [0.5, 0.6) is 0 Å².